The van der Waals surface area contributed by atoms with Crippen molar-refractivity contribution in [3.8, 4) is 11.5 Å². The Morgan fingerprint density at radius 1 is 1.29 bits per heavy atom. The third kappa shape index (κ3) is 1.93. The van der Waals surface area contributed by atoms with E-state index in [9.17, 15) is 9.59 Å². The molecule has 2 unspecified atom stereocenters. The van der Waals surface area contributed by atoms with Crippen LogP contribution in [0.4, 0.5) is 0 Å². The maximum Gasteiger partial charge on any atom is 0.223 e. The molecule has 1 amide bonds. The molecule has 126 valence electrons. The number of rotatable bonds is 3. The van der Waals surface area contributed by atoms with E-state index in [2.05, 4.69) is 11.4 Å². The molecular weight excluding hydrogens is 306 g/mol. The average molecular weight is 327 g/mol. The lowest BCUT2D eigenvalue weighted by Crippen LogP contribution is -2.52. The molecule has 5 rings (SSSR count). The van der Waals surface area contributed by atoms with E-state index < -0.39 is 6.10 Å². The second-order valence-electron chi connectivity index (χ2n) is 7.50. The summed E-state index contributed by atoms with van der Waals surface area (Å²) in [5.41, 5.74) is 2.33. The van der Waals surface area contributed by atoms with Crippen LogP contribution in [0.25, 0.3) is 0 Å². The third-order valence-corrected chi connectivity index (χ3v) is 6.11. The monoisotopic (exact) mass is 327 g/mol. The van der Waals surface area contributed by atoms with Crippen molar-refractivity contribution in [1.82, 2.24) is 5.32 Å². The van der Waals surface area contributed by atoms with Gasteiger partial charge in [0, 0.05) is 29.9 Å². The van der Waals surface area contributed by atoms with Crippen LogP contribution < -0.4 is 14.8 Å². The van der Waals surface area contributed by atoms with Crippen LogP contribution in [0.5, 0.6) is 11.5 Å². The summed E-state index contributed by atoms with van der Waals surface area (Å²) >= 11 is 0. The fourth-order valence-corrected chi connectivity index (χ4v) is 4.78. The normalized spacial score (nSPS) is 32.8. The summed E-state index contributed by atoms with van der Waals surface area (Å²) in [7, 11) is 1.63. The molecule has 2 fully saturated rings. The van der Waals surface area contributed by atoms with Crippen LogP contribution in [0, 0.1) is 11.8 Å². The van der Waals surface area contributed by atoms with Crippen LogP contribution in [0.1, 0.15) is 42.7 Å². The summed E-state index contributed by atoms with van der Waals surface area (Å²) in [4.78, 5) is 24.7. The van der Waals surface area contributed by atoms with Crippen molar-refractivity contribution in [3.05, 3.63) is 23.3 Å². The smallest absolute Gasteiger partial charge is 0.223 e. The van der Waals surface area contributed by atoms with E-state index in [1.807, 2.05) is 6.07 Å². The Bertz CT molecular complexity index is 739. The first-order valence-corrected chi connectivity index (χ1v) is 8.87. The highest BCUT2D eigenvalue weighted by molar-refractivity contribution is 5.88. The zero-order valence-corrected chi connectivity index (χ0v) is 13.7. The van der Waals surface area contributed by atoms with Gasteiger partial charge in [0.15, 0.2) is 23.4 Å². The van der Waals surface area contributed by atoms with Crippen LogP contribution >= 0.6 is 0 Å². The average Bonchev–Trinajstić information content (AvgIpc) is 3.35. The standard InChI is InChI=1S/C19H21NO4/c1-23-14-7-4-10-8-12(20-19(22)9-2-3-9)11-5-6-13(21)17-16(11)15(10)18(14)24-17/h4,7,9,11-12,16-17H,2-3,5-6,8H2,1H3,(H,20,22)/t11-,12+,16?,17?/m1/s1. The second-order valence-corrected chi connectivity index (χ2v) is 7.50. The van der Waals surface area contributed by atoms with Gasteiger partial charge in [-0.2, -0.15) is 0 Å². The number of benzene rings is 1. The Kier molecular flexibility index (Phi) is 2.97. The molecule has 5 nitrogen and oxygen atoms in total. The van der Waals surface area contributed by atoms with Crippen molar-refractivity contribution in [2.75, 3.05) is 7.11 Å². The molecule has 0 saturated heterocycles. The van der Waals surface area contributed by atoms with Gasteiger partial charge in [-0.05, 0) is 43.2 Å². The van der Waals surface area contributed by atoms with Crippen LogP contribution in [-0.2, 0) is 16.0 Å². The lowest BCUT2D eigenvalue weighted by molar-refractivity contribution is -0.130. The molecule has 1 aromatic rings. The van der Waals surface area contributed by atoms with Gasteiger partial charge in [-0.1, -0.05) is 6.07 Å². The third-order valence-electron chi connectivity index (χ3n) is 6.11. The number of hydrogen-bond donors (Lipinski definition) is 1. The first kappa shape index (κ1) is 14.3. The van der Waals surface area contributed by atoms with Gasteiger partial charge in [0.05, 0.1) is 7.11 Å². The Hall–Kier alpha value is -2.04. The molecule has 24 heavy (non-hydrogen) atoms. The van der Waals surface area contributed by atoms with Crippen LogP contribution in [-0.4, -0.2) is 30.9 Å². The van der Waals surface area contributed by atoms with E-state index in [0.29, 0.717) is 12.2 Å². The topological polar surface area (TPSA) is 64.6 Å². The quantitative estimate of drug-likeness (QED) is 0.922. The summed E-state index contributed by atoms with van der Waals surface area (Å²) in [5, 5.41) is 3.27. The number of hydrogen-bond acceptors (Lipinski definition) is 4. The SMILES string of the molecule is COc1ccc2c3c1OC1C(=O)CC[C@@H](C31)[C@@H](NC(=O)C1CC1)C2. The van der Waals surface area contributed by atoms with Crippen molar-refractivity contribution in [3.63, 3.8) is 0 Å². The predicted octanol–water partition coefficient (Wildman–Crippen LogP) is 1.97. The molecular formula is C19H21NO4. The van der Waals surface area contributed by atoms with Gasteiger partial charge >= 0.3 is 0 Å². The van der Waals surface area contributed by atoms with Gasteiger partial charge in [0.2, 0.25) is 5.91 Å². The number of ether oxygens (including phenoxy) is 2. The van der Waals surface area contributed by atoms with Gasteiger partial charge < -0.3 is 14.8 Å². The number of Topliss-reactive ketones (excluding diaryl/α,β-unsaturated/α-hetero) is 1. The van der Waals surface area contributed by atoms with E-state index in [1.54, 1.807) is 7.11 Å². The molecule has 3 aliphatic carbocycles. The van der Waals surface area contributed by atoms with Crippen molar-refractivity contribution in [2.45, 2.75) is 50.2 Å². The highest BCUT2D eigenvalue weighted by Crippen LogP contribution is 2.55. The lowest BCUT2D eigenvalue weighted by Gasteiger charge is -2.41. The van der Waals surface area contributed by atoms with E-state index in [-0.39, 0.29) is 35.5 Å². The van der Waals surface area contributed by atoms with Gasteiger partial charge in [-0.25, -0.2) is 0 Å². The molecule has 2 saturated carbocycles. The van der Waals surface area contributed by atoms with E-state index >= 15 is 0 Å². The van der Waals surface area contributed by atoms with E-state index in [1.165, 1.54) is 5.56 Å². The molecule has 1 heterocycles. The summed E-state index contributed by atoms with van der Waals surface area (Å²) in [5.74, 6) is 2.35. The van der Waals surface area contributed by atoms with Crippen molar-refractivity contribution in [1.29, 1.82) is 0 Å². The Balaban J connectivity index is 1.56. The van der Waals surface area contributed by atoms with E-state index in [4.69, 9.17) is 9.47 Å². The molecule has 4 atom stereocenters. The molecule has 0 spiro atoms. The molecule has 0 radical (unpaired) electrons. The van der Waals surface area contributed by atoms with Crippen LogP contribution in [0.3, 0.4) is 0 Å². The van der Waals surface area contributed by atoms with Crippen molar-refractivity contribution >= 4 is 11.7 Å². The number of ketones is 1. The van der Waals surface area contributed by atoms with Crippen LogP contribution in [0.2, 0.25) is 0 Å². The highest BCUT2D eigenvalue weighted by Gasteiger charge is 2.53. The molecule has 5 heteroatoms. The Morgan fingerprint density at radius 2 is 2.12 bits per heavy atom. The number of carbonyl (C=O) groups is 2. The molecule has 1 aromatic carbocycles. The fraction of sp³-hybridized carbons (Fsp3) is 0.579. The summed E-state index contributed by atoms with van der Waals surface area (Å²) < 4.78 is 11.5. The maximum atomic E-state index is 12.4. The minimum Gasteiger partial charge on any atom is -0.493 e. The fourth-order valence-electron chi connectivity index (χ4n) is 4.78. The number of amides is 1. The van der Waals surface area contributed by atoms with Gasteiger partial charge in [0.25, 0.3) is 0 Å². The molecule has 0 aromatic heterocycles. The molecule has 0 bridgehead atoms. The van der Waals surface area contributed by atoms with Gasteiger partial charge in [0.1, 0.15) is 0 Å². The number of nitrogens with one attached hydrogen (secondary N) is 1. The summed E-state index contributed by atoms with van der Waals surface area (Å²) in [6.45, 7) is 0. The maximum absolute atomic E-state index is 12.4. The Morgan fingerprint density at radius 3 is 2.88 bits per heavy atom. The largest absolute Gasteiger partial charge is 0.493 e. The highest BCUT2D eigenvalue weighted by atomic mass is 16.5. The summed E-state index contributed by atoms with van der Waals surface area (Å²) in [6, 6.07) is 4.08. The molecule has 1 N–H and O–H groups in total. The predicted molar refractivity (Wildman–Crippen MR) is 86.2 cm³/mol. The zero-order chi connectivity index (χ0) is 16.4. The van der Waals surface area contributed by atoms with Crippen molar-refractivity contribution < 1.29 is 19.1 Å². The minimum absolute atomic E-state index is 0.0598. The first-order chi connectivity index (χ1) is 11.7. The van der Waals surface area contributed by atoms with E-state index in [0.717, 1.165) is 37.0 Å². The lowest BCUT2D eigenvalue weighted by atomic mass is 9.65. The zero-order valence-electron chi connectivity index (χ0n) is 13.7. The van der Waals surface area contributed by atoms with Crippen LogP contribution in [0.15, 0.2) is 12.1 Å². The number of methoxy groups -OCH3 is 1. The Labute approximate surface area is 140 Å². The number of carbonyl (C=O) groups excluding carboxylic acids is 2. The first-order valence-electron chi connectivity index (χ1n) is 8.87. The second kappa shape index (κ2) is 4.98. The van der Waals surface area contributed by atoms with Gasteiger partial charge in [-0.15, -0.1) is 0 Å². The van der Waals surface area contributed by atoms with Crippen molar-refractivity contribution in [2.24, 2.45) is 11.8 Å². The van der Waals surface area contributed by atoms with Gasteiger partial charge in [-0.3, -0.25) is 9.59 Å². The molecule has 4 aliphatic rings. The minimum atomic E-state index is -0.408. The molecule has 1 aliphatic heterocycles. The summed E-state index contributed by atoms with van der Waals surface area (Å²) in [6.07, 6.45) is 3.79.